The lowest BCUT2D eigenvalue weighted by atomic mass is 10.0. The van der Waals surface area contributed by atoms with Crippen molar-refractivity contribution in [1.82, 2.24) is 4.90 Å². The summed E-state index contributed by atoms with van der Waals surface area (Å²) in [6.45, 7) is 5.88. The zero-order valence-electron chi connectivity index (χ0n) is 12.4. The third-order valence-corrected chi connectivity index (χ3v) is 3.75. The van der Waals surface area contributed by atoms with Crippen LogP contribution >= 0.6 is 0 Å². The summed E-state index contributed by atoms with van der Waals surface area (Å²) in [6.07, 6.45) is 0. The molecule has 114 valence electrons. The van der Waals surface area contributed by atoms with E-state index in [1.807, 2.05) is 32.0 Å². The molecule has 3 N–H and O–H groups in total. The van der Waals surface area contributed by atoms with Crippen molar-refractivity contribution in [2.75, 3.05) is 13.1 Å². The quantitative estimate of drug-likeness (QED) is 0.373. The first kappa shape index (κ1) is 15.3. The van der Waals surface area contributed by atoms with Gasteiger partial charge in [-0.3, -0.25) is 4.79 Å². The number of nitrogens with two attached hydrogens (primary N) is 1. The molecule has 1 aliphatic rings. The van der Waals surface area contributed by atoms with E-state index in [-0.39, 0.29) is 17.7 Å². The summed E-state index contributed by atoms with van der Waals surface area (Å²) < 4.78 is 5.36. The Morgan fingerprint density at radius 3 is 2.86 bits per heavy atom. The van der Waals surface area contributed by atoms with E-state index in [0.29, 0.717) is 31.9 Å². The van der Waals surface area contributed by atoms with Crippen molar-refractivity contribution in [3.63, 3.8) is 0 Å². The van der Waals surface area contributed by atoms with Gasteiger partial charge in [-0.15, -0.1) is 0 Å². The van der Waals surface area contributed by atoms with Gasteiger partial charge in [0.1, 0.15) is 5.84 Å². The van der Waals surface area contributed by atoms with E-state index in [0.717, 1.165) is 11.1 Å². The van der Waals surface area contributed by atoms with E-state index in [1.165, 1.54) is 0 Å². The van der Waals surface area contributed by atoms with Crippen LogP contribution < -0.4 is 5.73 Å². The van der Waals surface area contributed by atoms with Gasteiger partial charge in [-0.05, 0) is 30.2 Å². The van der Waals surface area contributed by atoms with Gasteiger partial charge in [0.15, 0.2) is 0 Å². The summed E-state index contributed by atoms with van der Waals surface area (Å²) in [5.74, 6) is -0.120. The van der Waals surface area contributed by atoms with Crippen LogP contribution in [0.15, 0.2) is 23.4 Å². The van der Waals surface area contributed by atoms with Gasteiger partial charge in [0.2, 0.25) is 0 Å². The van der Waals surface area contributed by atoms with Crippen molar-refractivity contribution in [3.8, 4) is 0 Å². The molecule has 6 heteroatoms. The molecule has 0 fully saturated rings. The zero-order valence-corrected chi connectivity index (χ0v) is 12.4. The lowest BCUT2D eigenvalue weighted by Gasteiger charge is -2.24. The Morgan fingerprint density at radius 2 is 2.19 bits per heavy atom. The summed E-state index contributed by atoms with van der Waals surface area (Å²) in [4.78, 5) is 14.3. The summed E-state index contributed by atoms with van der Waals surface area (Å²) in [6, 6.07) is 5.66. The number of carbonyl (C=O) groups is 1. The molecular formula is C15H21N3O3. The number of benzene rings is 1. The molecule has 0 spiro atoms. The number of hydrogen-bond donors (Lipinski definition) is 2. The Hall–Kier alpha value is -2.08. The van der Waals surface area contributed by atoms with Gasteiger partial charge < -0.3 is 20.6 Å². The second kappa shape index (κ2) is 6.58. The average Bonchev–Trinajstić information content (AvgIpc) is 2.98. The van der Waals surface area contributed by atoms with Crippen LogP contribution in [0.1, 0.15) is 35.3 Å². The molecule has 1 aromatic rings. The van der Waals surface area contributed by atoms with Crippen molar-refractivity contribution < 1.29 is 14.7 Å². The zero-order chi connectivity index (χ0) is 15.4. The number of amidine groups is 1. The summed E-state index contributed by atoms with van der Waals surface area (Å²) in [5, 5.41) is 11.7. The lowest BCUT2D eigenvalue weighted by Crippen LogP contribution is -2.38. The smallest absolute Gasteiger partial charge is 0.253 e. The third kappa shape index (κ3) is 3.33. The second-order valence-electron chi connectivity index (χ2n) is 5.25. The van der Waals surface area contributed by atoms with Crippen molar-refractivity contribution in [2.45, 2.75) is 27.1 Å². The number of amides is 1. The summed E-state index contributed by atoms with van der Waals surface area (Å²) in [7, 11) is 0. The standard InChI is InChI=1S/C15H21N3O3/c1-3-18(7-10(2)14(16)17-20)15(19)11-4-5-12-8-21-9-13(12)6-11/h4-6,10,20H,3,7-9H2,1-2H3,(H2,16,17). The van der Waals surface area contributed by atoms with Crippen LogP contribution in [0.4, 0.5) is 0 Å². The Bertz CT molecular complexity index is 557. The molecule has 0 saturated carbocycles. The molecule has 1 aliphatic heterocycles. The van der Waals surface area contributed by atoms with Crippen molar-refractivity contribution in [1.29, 1.82) is 0 Å². The van der Waals surface area contributed by atoms with E-state index in [9.17, 15) is 4.79 Å². The maximum atomic E-state index is 12.6. The van der Waals surface area contributed by atoms with Gasteiger partial charge in [0.05, 0.1) is 13.2 Å². The molecule has 0 aliphatic carbocycles. The first-order chi connectivity index (χ1) is 10.1. The Balaban J connectivity index is 2.13. The van der Waals surface area contributed by atoms with Crippen molar-refractivity contribution in [3.05, 3.63) is 34.9 Å². The van der Waals surface area contributed by atoms with Crippen LogP contribution in [0.25, 0.3) is 0 Å². The maximum Gasteiger partial charge on any atom is 0.253 e. The molecule has 1 aromatic carbocycles. The van der Waals surface area contributed by atoms with E-state index in [1.54, 1.807) is 4.90 Å². The highest BCUT2D eigenvalue weighted by molar-refractivity contribution is 5.95. The average molecular weight is 291 g/mol. The molecule has 0 saturated heterocycles. The molecule has 1 amide bonds. The monoisotopic (exact) mass is 291 g/mol. The van der Waals surface area contributed by atoms with Crippen LogP contribution in [0.2, 0.25) is 0 Å². The maximum absolute atomic E-state index is 12.6. The molecule has 1 unspecified atom stereocenters. The minimum Gasteiger partial charge on any atom is -0.409 e. The number of fused-ring (bicyclic) bond motifs is 1. The normalized spacial score (nSPS) is 15.6. The van der Waals surface area contributed by atoms with Gasteiger partial charge in [-0.25, -0.2) is 0 Å². The van der Waals surface area contributed by atoms with E-state index < -0.39 is 0 Å². The third-order valence-electron chi connectivity index (χ3n) is 3.75. The summed E-state index contributed by atoms with van der Waals surface area (Å²) >= 11 is 0. The van der Waals surface area contributed by atoms with Gasteiger partial charge in [-0.2, -0.15) is 0 Å². The van der Waals surface area contributed by atoms with Crippen LogP contribution in [-0.4, -0.2) is 34.9 Å². The second-order valence-corrected chi connectivity index (χ2v) is 5.25. The van der Waals surface area contributed by atoms with E-state index in [2.05, 4.69) is 5.16 Å². The number of rotatable bonds is 5. The number of ether oxygens (including phenoxy) is 1. The highest BCUT2D eigenvalue weighted by atomic mass is 16.5. The molecule has 1 atom stereocenters. The molecule has 0 bridgehead atoms. The van der Waals surface area contributed by atoms with Crippen LogP contribution in [0, 0.1) is 5.92 Å². The van der Waals surface area contributed by atoms with Gasteiger partial charge in [0, 0.05) is 24.6 Å². The van der Waals surface area contributed by atoms with Crippen LogP contribution in [-0.2, 0) is 18.0 Å². The Kier molecular flexibility index (Phi) is 4.80. The van der Waals surface area contributed by atoms with Gasteiger partial charge in [0.25, 0.3) is 5.91 Å². The minimum atomic E-state index is -0.198. The first-order valence-electron chi connectivity index (χ1n) is 7.03. The molecular weight excluding hydrogens is 270 g/mol. The predicted molar refractivity (Wildman–Crippen MR) is 79.1 cm³/mol. The van der Waals surface area contributed by atoms with Crippen LogP contribution in [0.5, 0.6) is 0 Å². The fourth-order valence-corrected chi connectivity index (χ4v) is 2.37. The highest BCUT2D eigenvalue weighted by Gasteiger charge is 2.20. The van der Waals surface area contributed by atoms with Gasteiger partial charge in [-0.1, -0.05) is 18.1 Å². The molecule has 6 nitrogen and oxygen atoms in total. The van der Waals surface area contributed by atoms with Crippen molar-refractivity contribution >= 4 is 11.7 Å². The van der Waals surface area contributed by atoms with E-state index in [4.69, 9.17) is 15.7 Å². The lowest BCUT2D eigenvalue weighted by molar-refractivity contribution is 0.0753. The molecule has 0 radical (unpaired) electrons. The Labute approximate surface area is 124 Å². The number of carbonyl (C=O) groups excluding carboxylic acids is 1. The fraction of sp³-hybridized carbons (Fsp3) is 0.467. The minimum absolute atomic E-state index is 0.0511. The number of hydrogen-bond acceptors (Lipinski definition) is 4. The predicted octanol–water partition coefficient (Wildman–Crippen LogP) is 1.56. The van der Waals surface area contributed by atoms with Gasteiger partial charge >= 0.3 is 0 Å². The summed E-state index contributed by atoms with van der Waals surface area (Å²) in [5.41, 5.74) is 8.43. The number of nitrogens with zero attached hydrogens (tertiary/aromatic N) is 2. The molecule has 21 heavy (non-hydrogen) atoms. The number of oxime groups is 1. The SMILES string of the molecule is CCN(CC(C)C(N)=NO)C(=O)c1ccc2c(c1)COC2. The van der Waals surface area contributed by atoms with Crippen molar-refractivity contribution in [2.24, 2.45) is 16.8 Å². The molecule has 1 heterocycles. The van der Waals surface area contributed by atoms with Crippen LogP contribution in [0.3, 0.4) is 0 Å². The molecule has 2 rings (SSSR count). The molecule has 0 aromatic heterocycles. The highest BCUT2D eigenvalue weighted by Crippen LogP contribution is 2.21. The fourth-order valence-electron chi connectivity index (χ4n) is 2.37. The largest absolute Gasteiger partial charge is 0.409 e. The van der Waals surface area contributed by atoms with E-state index >= 15 is 0 Å². The topological polar surface area (TPSA) is 88.1 Å². The first-order valence-corrected chi connectivity index (χ1v) is 7.03. The Morgan fingerprint density at radius 1 is 1.48 bits per heavy atom.